The highest BCUT2D eigenvalue weighted by Gasteiger charge is 2.11. The van der Waals surface area contributed by atoms with E-state index < -0.39 is 5.97 Å². The number of aryl methyl sites for hydroxylation is 1. The van der Waals surface area contributed by atoms with Gasteiger partial charge in [0.15, 0.2) is 0 Å². The zero-order chi connectivity index (χ0) is 10.8. The van der Waals surface area contributed by atoms with Crippen LogP contribution in [-0.4, -0.2) is 20.9 Å². The molecule has 76 valence electrons. The molecule has 1 heterocycles. The standard InChI is InChI=1S/C11H10N2O2/c1-8-3-4-10(9(7-8)11(14)15)13-6-2-5-12-13/h2-7H,1H3,(H,14,15). The molecule has 0 fully saturated rings. The van der Waals surface area contributed by atoms with Gasteiger partial charge in [0.2, 0.25) is 0 Å². The predicted molar refractivity (Wildman–Crippen MR) is 55.3 cm³/mol. The molecule has 1 N–H and O–H groups in total. The molecule has 0 amide bonds. The lowest BCUT2D eigenvalue weighted by atomic mass is 10.1. The van der Waals surface area contributed by atoms with Crippen LogP contribution in [0, 0.1) is 6.92 Å². The summed E-state index contributed by atoms with van der Waals surface area (Å²) >= 11 is 0. The van der Waals surface area contributed by atoms with Crippen LogP contribution in [0.2, 0.25) is 0 Å². The Balaban J connectivity index is 2.61. The van der Waals surface area contributed by atoms with Crippen molar-refractivity contribution < 1.29 is 9.90 Å². The minimum atomic E-state index is -0.941. The third-order valence-corrected chi connectivity index (χ3v) is 2.13. The Morgan fingerprint density at radius 1 is 1.47 bits per heavy atom. The summed E-state index contributed by atoms with van der Waals surface area (Å²) in [5, 5.41) is 13.1. The number of aromatic carboxylic acids is 1. The molecule has 1 aromatic carbocycles. The highest BCUT2D eigenvalue weighted by molar-refractivity contribution is 5.92. The minimum Gasteiger partial charge on any atom is -0.478 e. The molecule has 0 spiro atoms. The minimum absolute atomic E-state index is 0.263. The van der Waals surface area contributed by atoms with Crippen LogP contribution in [0.1, 0.15) is 15.9 Å². The van der Waals surface area contributed by atoms with Crippen LogP contribution in [0.4, 0.5) is 0 Å². The summed E-state index contributed by atoms with van der Waals surface area (Å²) in [7, 11) is 0. The maximum absolute atomic E-state index is 11.0. The van der Waals surface area contributed by atoms with E-state index in [1.54, 1.807) is 35.3 Å². The highest BCUT2D eigenvalue weighted by atomic mass is 16.4. The molecule has 0 aliphatic heterocycles. The van der Waals surface area contributed by atoms with Gasteiger partial charge in [0.25, 0.3) is 0 Å². The van der Waals surface area contributed by atoms with Crippen molar-refractivity contribution in [2.24, 2.45) is 0 Å². The molecule has 0 saturated heterocycles. The molecule has 0 bridgehead atoms. The summed E-state index contributed by atoms with van der Waals surface area (Å²) in [6.45, 7) is 1.86. The molecule has 2 aromatic rings. The van der Waals surface area contributed by atoms with Crippen LogP contribution in [0.3, 0.4) is 0 Å². The van der Waals surface area contributed by atoms with Gasteiger partial charge in [0.1, 0.15) is 0 Å². The lowest BCUT2D eigenvalue weighted by Crippen LogP contribution is -2.06. The van der Waals surface area contributed by atoms with Gasteiger partial charge < -0.3 is 5.11 Å². The number of hydrogen-bond acceptors (Lipinski definition) is 2. The summed E-state index contributed by atoms with van der Waals surface area (Å²) in [5.74, 6) is -0.941. The van der Waals surface area contributed by atoms with Crippen molar-refractivity contribution in [2.45, 2.75) is 6.92 Å². The Bertz CT molecular complexity index is 489. The third-order valence-electron chi connectivity index (χ3n) is 2.13. The van der Waals surface area contributed by atoms with Crippen LogP contribution < -0.4 is 0 Å². The number of hydrogen-bond donors (Lipinski definition) is 1. The lowest BCUT2D eigenvalue weighted by molar-refractivity contribution is 0.0696. The number of carboxylic acid groups (broad SMARTS) is 1. The van der Waals surface area contributed by atoms with Crippen LogP contribution in [0.5, 0.6) is 0 Å². The Kier molecular flexibility index (Phi) is 2.25. The number of carboxylic acids is 1. The second-order valence-electron chi connectivity index (χ2n) is 3.28. The zero-order valence-electron chi connectivity index (χ0n) is 8.21. The maximum Gasteiger partial charge on any atom is 0.337 e. The topological polar surface area (TPSA) is 55.1 Å². The Morgan fingerprint density at radius 2 is 2.27 bits per heavy atom. The molecule has 4 nitrogen and oxygen atoms in total. The molecular weight excluding hydrogens is 192 g/mol. The van der Waals surface area contributed by atoms with Crippen LogP contribution in [0.15, 0.2) is 36.7 Å². The van der Waals surface area contributed by atoms with Gasteiger partial charge >= 0.3 is 5.97 Å². The summed E-state index contributed by atoms with van der Waals surface area (Å²) in [4.78, 5) is 11.0. The molecule has 0 aliphatic rings. The summed E-state index contributed by atoms with van der Waals surface area (Å²) in [6.07, 6.45) is 3.34. The molecule has 15 heavy (non-hydrogen) atoms. The Labute approximate surface area is 86.8 Å². The monoisotopic (exact) mass is 202 g/mol. The van der Waals surface area contributed by atoms with Crippen molar-refractivity contribution in [3.63, 3.8) is 0 Å². The second kappa shape index (κ2) is 3.57. The van der Waals surface area contributed by atoms with E-state index >= 15 is 0 Å². The predicted octanol–water partition coefficient (Wildman–Crippen LogP) is 1.88. The number of rotatable bonds is 2. The highest BCUT2D eigenvalue weighted by Crippen LogP contribution is 2.15. The zero-order valence-corrected chi connectivity index (χ0v) is 8.21. The molecule has 0 unspecified atom stereocenters. The SMILES string of the molecule is Cc1ccc(-n2cccn2)c(C(=O)O)c1. The van der Waals surface area contributed by atoms with E-state index in [-0.39, 0.29) is 5.56 Å². The van der Waals surface area contributed by atoms with Gasteiger partial charge in [-0.15, -0.1) is 0 Å². The Morgan fingerprint density at radius 3 is 2.87 bits per heavy atom. The molecule has 0 atom stereocenters. The lowest BCUT2D eigenvalue weighted by Gasteiger charge is -2.06. The van der Waals surface area contributed by atoms with Crippen LogP contribution in [0.25, 0.3) is 5.69 Å². The molecule has 0 radical (unpaired) electrons. The van der Waals surface area contributed by atoms with E-state index in [2.05, 4.69) is 5.10 Å². The number of nitrogens with zero attached hydrogens (tertiary/aromatic N) is 2. The van der Waals surface area contributed by atoms with E-state index in [0.717, 1.165) is 5.56 Å². The average Bonchev–Trinajstić information content (AvgIpc) is 2.70. The van der Waals surface area contributed by atoms with Crippen molar-refractivity contribution in [2.75, 3.05) is 0 Å². The summed E-state index contributed by atoms with van der Waals surface area (Å²) in [5.41, 5.74) is 1.76. The van der Waals surface area contributed by atoms with Crippen molar-refractivity contribution in [1.29, 1.82) is 0 Å². The van der Waals surface area contributed by atoms with Gasteiger partial charge in [-0.1, -0.05) is 11.6 Å². The fourth-order valence-corrected chi connectivity index (χ4v) is 1.43. The molecule has 2 rings (SSSR count). The van der Waals surface area contributed by atoms with E-state index in [0.29, 0.717) is 5.69 Å². The third kappa shape index (κ3) is 1.74. The quantitative estimate of drug-likeness (QED) is 0.808. The largest absolute Gasteiger partial charge is 0.478 e. The first-order valence-electron chi connectivity index (χ1n) is 4.52. The molecule has 4 heteroatoms. The van der Waals surface area contributed by atoms with E-state index in [1.165, 1.54) is 0 Å². The fraction of sp³-hybridized carbons (Fsp3) is 0.0909. The van der Waals surface area contributed by atoms with Crippen molar-refractivity contribution in [3.05, 3.63) is 47.8 Å². The van der Waals surface area contributed by atoms with E-state index in [1.807, 2.05) is 13.0 Å². The maximum atomic E-state index is 11.0. The summed E-state index contributed by atoms with van der Waals surface area (Å²) in [6, 6.07) is 7.01. The normalized spacial score (nSPS) is 10.2. The fourth-order valence-electron chi connectivity index (χ4n) is 1.43. The first-order valence-corrected chi connectivity index (χ1v) is 4.52. The van der Waals surface area contributed by atoms with Gasteiger partial charge in [0.05, 0.1) is 11.3 Å². The average molecular weight is 202 g/mol. The van der Waals surface area contributed by atoms with Crippen LogP contribution in [-0.2, 0) is 0 Å². The second-order valence-corrected chi connectivity index (χ2v) is 3.28. The number of benzene rings is 1. The molecule has 1 aromatic heterocycles. The van der Waals surface area contributed by atoms with Gasteiger partial charge in [-0.2, -0.15) is 5.10 Å². The first-order chi connectivity index (χ1) is 7.18. The smallest absolute Gasteiger partial charge is 0.337 e. The van der Waals surface area contributed by atoms with E-state index in [4.69, 9.17) is 5.11 Å². The number of aromatic nitrogens is 2. The van der Waals surface area contributed by atoms with Crippen LogP contribution >= 0.6 is 0 Å². The van der Waals surface area contributed by atoms with Gasteiger partial charge in [-0.25, -0.2) is 9.48 Å². The Hall–Kier alpha value is -2.10. The van der Waals surface area contributed by atoms with Gasteiger partial charge in [0, 0.05) is 12.4 Å². The van der Waals surface area contributed by atoms with Crippen molar-refractivity contribution in [3.8, 4) is 5.69 Å². The first kappa shape index (κ1) is 9.45. The summed E-state index contributed by atoms with van der Waals surface area (Å²) < 4.78 is 1.54. The van der Waals surface area contributed by atoms with E-state index in [9.17, 15) is 4.79 Å². The molecular formula is C11H10N2O2. The van der Waals surface area contributed by atoms with Gasteiger partial charge in [-0.05, 0) is 25.1 Å². The van der Waals surface area contributed by atoms with Crippen molar-refractivity contribution in [1.82, 2.24) is 9.78 Å². The van der Waals surface area contributed by atoms with Crippen molar-refractivity contribution >= 4 is 5.97 Å². The number of carbonyl (C=O) groups is 1. The molecule has 0 aliphatic carbocycles. The molecule has 0 saturated carbocycles. The van der Waals surface area contributed by atoms with Gasteiger partial charge in [-0.3, -0.25) is 0 Å².